The minimum atomic E-state index is -3.24. The van der Waals surface area contributed by atoms with E-state index in [9.17, 15) is 13.2 Å². The topological polar surface area (TPSA) is 72.5 Å². The zero-order valence-electron chi connectivity index (χ0n) is 18.0. The standard InChI is InChI=1S/C23H31NO4S/c1-7-21(28-19-12-10-18(11-13-19)23(3,4)5)22(25)24-16(2)17-8-14-20(15-9-17)29(6,26)27/h8-16,21H,7H2,1-6H3,(H,24,25). The Labute approximate surface area is 174 Å². The van der Waals surface area contributed by atoms with Gasteiger partial charge in [0.2, 0.25) is 0 Å². The molecule has 2 unspecified atom stereocenters. The molecule has 2 aromatic carbocycles. The van der Waals surface area contributed by atoms with Gasteiger partial charge in [-0.25, -0.2) is 8.42 Å². The predicted octanol–water partition coefficient (Wildman–Crippen LogP) is 4.42. The minimum absolute atomic E-state index is 0.0577. The summed E-state index contributed by atoms with van der Waals surface area (Å²) in [5.41, 5.74) is 2.09. The van der Waals surface area contributed by atoms with Gasteiger partial charge >= 0.3 is 0 Å². The van der Waals surface area contributed by atoms with Gasteiger partial charge in [-0.05, 0) is 54.2 Å². The van der Waals surface area contributed by atoms with Crippen LogP contribution in [0.25, 0.3) is 0 Å². The van der Waals surface area contributed by atoms with Crippen molar-refractivity contribution < 1.29 is 17.9 Å². The predicted molar refractivity (Wildman–Crippen MR) is 116 cm³/mol. The molecule has 0 spiro atoms. The van der Waals surface area contributed by atoms with E-state index in [1.807, 2.05) is 38.1 Å². The summed E-state index contributed by atoms with van der Waals surface area (Å²) in [6.45, 7) is 10.2. The van der Waals surface area contributed by atoms with Crippen LogP contribution in [0.1, 0.15) is 58.2 Å². The maximum Gasteiger partial charge on any atom is 0.261 e. The van der Waals surface area contributed by atoms with Crippen LogP contribution in [0.4, 0.5) is 0 Å². The van der Waals surface area contributed by atoms with Crippen LogP contribution in [-0.2, 0) is 20.0 Å². The number of hydrogen-bond acceptors (Lipinski definition) is 4. The van der Waals surface area contributed by atoms with E-state index >= 15 is 0 Å². The van der Waals surface area contributed by atoms with Crippen molar-refractivity contribution in [1.29, 1.82) is 0 Å². The number of ether oxygens (including phenoxy) is 1. The number of amides is 1. The van der Waals surface area contributed by atoms with E-state index in [4.69, 9.17) is 4.74 Å². The molecule has 158 valence electrons. The average molecular weight is 418 g/mol. The Morgan fingerprint density at radius 3 is 2.03 bits per heavy atom. The summed E-state index contributed by atoms with van der Waals surface area (Å²) in [5.74, 6) is 0.456. The molecule has 6 heteroatoms. The molecule has 2 atom stereocenters. The molecule has 0 aliphatic rings. The van der Waals surface area contributed by atoms with Crippen molar-refractivity contribution in [2.45, 2.75) is 63.5 Å². The maximum atomic E-state index is 12.7. The molecule has 0 bridgehead atoms. The Kier molecular flexibility index (Phi) is 7.11. The molecule has 0 aromatic heterocycles. The highest BCUT2D eigenvalue weighted by Crippen LogP contribution is 2.25. The SMILES string of the molecule is CCC(Oc1ccc(C(C)(C)C)cc1)C(=O)NC(C)c1ccc(S(C)(=O)=O)cc1. The van der Waals surface area contributed by atoms with E-state index in [1.165, 1.54) is 11.8 Å². The second-order valence-corrected chi connectivity index (χ2v) is 10.4. The Morgan fingerprint density at radius 1 is 1.03 bits per heavy atom. The van der Waals surface area contributed by atoms with Crippen molar-refractivity contribution >= 4 is 15.7 Å². The summed E-state index contributed by atoms with van der Waals surface area (Å²) in [5, 5.41) is 2.95. The summed E-state index contributed by atoms with van der Waals surface area (Å²) in [6, 6.07) is 14.1. The fourth-order valence-corrected chi connectivity index (χ4v) is 3.54. The zero-order chi connectivity index (χ0) is 21.8. The van der Waals surface area contributed by atoms with Crippen LogP contribution >= 0.6 is 0 Å². The monoisotopic (exact) mass is 417 g/mol. The summed E-state index contributed by atoms with van der Waals surface area (Å²) >= 11 is 0. The van der Waals surface area contributed by atoms with Crippen molar-refractivity contribution in [3.63, 3.8) is 0 Å². The lowest BCUT2D eigenvalue weighted by Gasteiger charge is -2.22. The average Bonchev–Trinajstić information content (AvgIpc) is 2.65. The summed E-state index contributed by atoms with van der Waals surface area (Å²) in [4.78, 5) is 12.9. The van der Waals surface area contributed by atoms with Gasteiger partial charge < -0.3 is 10.1 Å². The fraction of sp³-hybridized carbons (Fsp3) is 0.435. The van der Waals surface area contributed by atoms with Gasteiger partial charge in [0, 0.05) is 6.26 Å². The molecular formula is C23H31NO4S. The van der Waals surface area contributed by atoms with Crippen LogP contribution in [0.3, 0.4) is 0 Å². The van der Waals surface area contributed by atoms with Crippen LogP contribution in [0.5, 0.6) is 5.75 Å². The third kappa shape index (κ3) is 6.32. The number of carbonyl (C=O) groups is 1. The second-order valence-electron chi connectivity index (χ2n) is 8.36. The largest absolute Gasteiger partial charge is 0.481 e. The molecule has 2 rings (SSSR count). The number of nitrogens with one attached hydrogen (secondary N) is 1. The van der Waals surface area contributed by atoms with E-state index in [1.54, 1.807) is 24.3 Å². The maximum absolute atomic E-state index is 12.7. The van der Waals surface area contributed by atoms with Gasteiger partial charge in [0.25, 0.3) is 5.91 Å². The van der Waals surface area contributed by atoms with Crippen molar-refractivity contribution in [2.75, 3.05) is 6.26 Å². The highest BCUT2D eigenvalue weighted by Gasteiger charge is 2.21. The zero-order valence-corrected chi connectivity index (χ0v) is 18.8. The molecule has 5 nitrogen and oxygen atoms in total. The molecule has 1 amide bonds. The molecule has 29 heavy (non-hydrogen) atoms. The van der Waals surface area contributed by atoms with Crippen molar-refractivity contribution in [2.24, 2.45) is 0 Å². The molecule has 0 aliphatic carbocycles. The first-order chi connectivity index (χ1) is 13.4. The number of rotatable bonds is 7. The van der Waals surface area contributed by atoms with Gasteiger partial charge in [0.1, 0.15) is 5.75 Å². The molecule has 1 N–H and O–H groups in total. The quantitative estimate of drug-likeness (QED) is 0.724. The molecule has 0 saturated heterocycles. The molecule has 0 saturated carbocycles. The third-order valence-corrected chi connectivity index (χ3v) is 5.96. The fourth-order valence-electron chi connectivity index (χ4n) is 2.91. The molecule has 2 aromatic rings. The highest BCUT2D eigenvalue weighted by atomic mass is 32.2. The lowest BCUT2D eigenvalue weighted by molar-refractivity contribution is -0.128. The normalized spacial score (nSPS) is 14.1. The van der Waals surface area contributed by atoms with Crippen molar-refractivity contribution in [1.82, 2.24) is 5.32 Å². The van der Waals surface area contributed by atoms with Crippen LogP contribution in [0, 0.1) is 0 Å². The van der Waals surface area contributed by atoms with Crippen molar-refractivity contribution in [3.05, 3.63) is 59.7 Å². The molecule has 0 aliphatic heterocycles. The minimum Gasteiger partial charge on any atom is -0.481 e. The van der Waals surface area contributed by atoms with Crippen molar-refractivity contribution in [3.8, 4) is 5.75 Å². The van der Waals surface area contributed by atoms with Crippen LogP contribution in [-0.4, -0.2) is 26.7 Å². The second kappa shape index (κ2) is 8.99. The van der Waals surface area contributed by atoms with E-state index in [2.05, 4.69) is 26.1 Å². The first-order valence-corrected chi connectivity index (χ1v) is 11.7. The van der Waals surface area contributed by atoms with Gasteiger partial charge in [0.15, 0.2) is 15.9 Å². The Bertz CT molecular complexity index is 926. The first kappa shape index (κ1) is 22.9. The van der Waals surface area contributed by atoms with Gasteiger partial charge in [-0.2, -0.15) is 0 Å². The Morgan fingerprint density at radius 2 is 1.59 bits per heavy atom. The number of carbonyl (C=O) groups excluding carboxylic acids is 1. The van der Waals surface area contributed by atoms with Crippen LogP contribution in [0.15, 0.2) is 53.4 Å². The van der Waals surface area contributed by atoms with E-state index in [0.29, 0.717) is 12.2 Å². The third-order valence-electron chi connectivity index (χ3n) is 4.83. The Hall–Kier alpha value is -2.34. The number of hydrogen-bond donors (Lipinski definition) is 1. The van der Waals surface area contributed by atoms with Crippen LogP contribution < -0.4 is 10.1 Å². The highest BCUT2D eigenvalue weighted by molar-refractivity contribution is 7.90. The van der Waals surface area contributed by atoms with E-state index in [-0.39, 0.29) is 22.3 Å². The Balaban J connectivity index is 2.03. The molecule has 0 fully saturated rings. The molecule has 0 radical (unpaired) electrons. The van der Waals surface area contributed by atoms with Gasteiger partial charge in [0.05, 0.1) is 10.9 Å². The van der Waals surface area contributed by atoms with E-state index in [0.717, 1.165) is 5.56 Å². The van der Waals surface area contributed by atoms with Gasteiger partial charge in [-0.1, -0.05) is 52.0 Å². The van der Waals surface area contributed by atoms with Crippen LogP contribution in [0.2, 0.25) is 0 Å². The summed E-state index contributed by atoms with van der Waals surface area (Å²) in [7, 11) is -3.24. The number of benzene rings is 2. The smallest absolute Gasteiger partial charge is 0.261 e. The summed E-state index contributed by atoms with van der Waals surface area (Å²) < 4.78 is 29.1. The van der Waals surface area contributed by atoms with E-state index < -0.39 is 15.9 Å². The first-order valence-electron chi connectivity index (χ1n) is 9.79. The van der Waals surface area contributed by atoms with Gasteiger partial charge in [-0.15, -0.1) is 0 Å². The lowest BCUT2D eigenvalue weighted by atomic mass is 9.87. The number of sulfone groups is 1. The summed E-state index contributed by atoms with van der Waals surface area (Å²) in [6.07, 6.45) is 1.10. The molecular weight excluding hydrogens is 386 g/mol. The van der Waals surface area contributed by atoms with Gasteiger partial charge in [-0.3, -0.25) is 4.79 Å². The lowest BCUT2D eigenvalue weighted by Crippen LogP contribution is -2.39. The molecule has 0 heterocycles.